The van der Waals surface area contributed by atoms with Crippen LogP contribution in [0.2, 0.25) is 0 Å². The molecule has 1 N–H and O–H groups in total. The second kappa shape index (κ2) is 11.1. The first-order valence-corrected chi connectivity index (χ1v) is 9.26. The van der Waals surface area contributed by atoms with Gasteiger partial charge in [0.05, 0.1) is 12.2 Å². The van der Waals surface area contributed by atoms with E-state index in [1.807, 2.05) is 12.1 Å². The fraction of sp³-hybridized carbons (Fsp3) is 0.368. The van der Waals surface area contributed by atoms with Crippen molar-refractivity contribution in [1.82, 2.24) is 29.6 Å². The van der Waals surface area contributed by atoms with Crippen LogP contribution in [0.15, 0.2) is 47.9 Å². The van der Waals surface area contributed by atoms with Crippen molar-refractivity contribution in [2.45, 2.75) is 0 Å². The number of ether oxygens (including phenoxy) is 1. The maximum atomic E-state index is 12.8. The van der Waals surface area contributed by atoms with Gasteiger partial charge in [-0.1, -0.05) is 6.07 Å². The Morgan fingerprint density at radius 2 is 1.90 bits per heavy atom. The van der Waals surface area contributed by atoms with Crippen molar-refractivity contribution in [3.05, 3.63) is 53.5 Å². The van der Waals surface area contributed by atoms with Gasteiger partial charge in [-0.05, 0) is 6.07 Å². The molecule has 0 atom stereocenters. The number of nitrogens with one attached hydrogen (secondary N) is 1. The fourth-order valence-corrected chi connectivity index (χ4v) is 3.32. The molecule has 1 saturated heterocycles. The third-order valence-corrected chi connectivity index (χ3v) is 4.92. The lowest BCUT2D eigenvalue weighted by atomic mass is 10.2. The highest BCUT2D eigenvalue weighted by atomic mass is 35.5. The molecular formula is C19H25Cl2N7O2. The largest absolute Gasteiger partial charge is 0.383 e. The van der Waals surface area contributed by atoms with Crippen LogP contribution in [0.1, 0.15) is 0 Å². The Hall–Kier alpha value is -2.46. The first kappa shape index (κ1) is 23.8. The molecule has 11 heteroatoms. The van der Waals surface area contributed by atoms with Crippen molar-refractivity contribution in [1.29, 1.82) is 0 Å². The summed E-state index contributed by atoms with van der Waals surface area (Å²) >= 11 is 0. The summed E-state index contributed by atoms with van der Waals surface area (Å²) in [6, 6.07) is 5.51. The molecule has 0 bridgehead atoms. The molecule has 0 amide bonds. The van der Waals surface area contributed by atoms with Crippen LogP contribution in [0.5, 0.6) is 0 Å². The molecule has 1 fully saturated rings. The number of halogens is 2. The zero-order chi connectivity index (χ0) is 19.3. The standard InChI is InChI=1S/C19H23N7O2.2ClH/c1-28-10-9-24-5-7-25(8-6-24)17-11-18(22-14-21-17)26-19(27)16(13-23-26)15-3-2-4-20-12-15;;/h2-4,11-14,23H,5-10H2,1H3;2*1H. The topological polar surface area (TPSA) is 92.2 Å². The molecule has 4 rings (SSSR count). The lowest BCUT2D eigenvalue weighted by Gasteiger charge is -2.35. The second-order valence-corrected chi connectivity index (χ2v) is 6.63. The lowest BCUT2D eigenvalue weighted by molar-refractivity contribution is 0.144. The summed E-state index contributed by atoms with van der Waals surface area (Å²) in [5.41, 5.74) is 1.16. The van der Waals surface area contributed by atoms with Gasteiger partial charge in [-0.3, -0.25) is 19.8 Å². The Balaban J connectivity index is 0.00000160. The zero-order valence-electron chi connectivity index (χ0n) is 16.6. The first-order chi connectivity index (χ1) is 13.8. The molecule has 1 aliphatic rings. The number of nitrogens with zero attached hydrogens (tertiary/aromatic N) is 6. The van der Waals surface area contributed by atoms with E-state index in [0.717, 1.165) is 50.7 Å². The number of methoxy groups -OCH3 is 1. The number of piperazine rings is 1. The highest BCUT2D eigenvalue weighted by Gasteiger charge is 2.19. The molecule has 0 saturated carbocycles. The van der Waals surface area contributed by atoms with Crippen molar-refractivity contribution in [2.75, 3.05) is 51.3 Å². The molecule has 0 radical (unpaired) electrons. The van der Waals surface area contributed by atoms with E-state index in [4.69, 9.17) is 4.74 Å². The van der Waals surface area contributed by atoms with Crippen LogP contribution >= 0.6 is 24.8 Å². The van der Waals surface area contributed by atoms with Gasteiger partial charge < -0.3 is 9.64 Å². The minimum Gasteiger partial charge on any atom is -0.383 e. The minimum absolute atomic E-state index is 0. The molecular weight excluding hydrogens is 429 g/mol. The molecule has 0 unspecified atom stereocenters. The van der Waals surface area contributed by atoms with Crippen molar-refractivity contribution in [3.8, 4) is 16.9 Å². The first-order valence-electron chi connectivity index (χ1n) is 9.26. The van der Waals surface area contributed by atoms with Gasteiger partial charge in [0.25, 0.3) is 5.56 Å². The number of hydrogen-bond acceptors (Lipinski definition) is 7. The summed E-state index contributed by atoms with van der Waals surface area (Å²) in [5.74, 6) is 1.34. The third-order valence-electron chi connectivity index (χ3n) is 4.92. The van der Waals surface area contributed by atoms with Gasteiger partial charge in [-0.15, -0.1) is 24.8 Å². The number of rotatable bonds is 6. The number of aromatic amines is 1. The summed E-state index contributed by atoms with van der Waals surface area (Å²) in [7, 11) is 1.72. The Kier molecular flexibility index (Phi) is 8.79. The average molecular weight is 454 g/mol. The third kappa shape index (κ3) is 5.17. The molecule has 0 aromatic carbocycles. The predicted octanol–water partition coefficient (Wildman–Crippen LogP) is 1.63. The van der Waals surface area contributed by atoms with Gasteiger partial charge >= 0.3 is 0 Å². The number of aromatic nitrogens is 5. The van der Waals surface area contributed by atoms with E-state index in [2.05, 4.69) is 29.9 Å². The van der Waals surface area contributed by atoms with Crippen LogP contribution < -0.4 is 10.5 Å². The molecule has 30 heavy (non-hydrogen) atoms. The molecule has 9 nitrogen and oxygen atoms in total. The van der Waals surface area contributed by atoms with Crippen LogP contribution in [0.25, 0.3) is 16.9 Å². The minimum atomic E-state index is -0.165. The Labute approximate surface area is 186 Å². The van der Waals surface area contributed by atoms with Gasteiger partial charge in [-0.25, -0.2) is 14.6 Å². The Morgan fingerprint density at radius 1 is 1.13 bits per heavy atom. The SMILES string of the molecule is COCCN1CCN(c2cc(-n3[nH]cc(-c4cccnc4)c3=O)ncn2)CC1.Cl.Cl. The number of hydrogen-bond donors (Lipinski definition) is 1. The fourth-order valence-electron chi connectivity index (χ4n) is 3.32. The monoisotopic (exact) mass is 453 g/mol. The van der Waals surface area contributed by atoms with Crippen LogP contribution in [0.3, 0.4) is 0 Å². The van der Waals surface area contributed by atoms with Crippen molar-refractivity contribution in [2.24, 2.45) is 0 Å². The Morgan fingerprint density at radius 3 is 2.60 bits per heavy atom. The highest BCUT2D eigenvalue weighted by Crippen LogP contribution is 2.17. The van der Waals surface area contributed by atoms with Gasteiger partial charge in [0.2, 0.25) is 0 Å². The molecule has 3 aromatic heterocycles. The quantitative estimate of drug-likeness (QED) is 0.605. The Bertz CT molecular complexity index is 972. The van der Waals surface area contributed by atoms with E-state index in [0.29, 0.717) is 11.4 Å². The summed E-state index contributed by atoms with van der Waals surface area (Å²) in [5, 5.41) is 2.99. The van der Waals surface area contributed by atoms with E-state index in [9.17, 15) is 4.79 Å². The smallest absolute Gasteiger partial charge is 0.280 e. The van der Waals surface area contributed by atoms with Crippen LogP contribution in [0.4, 0.5) is 5.82 Å². The van der Waals surface area contributed by atoms with E-state index in [-0.39, 0.29) is 30.4 Å². The molecule has 3 aromatic rings. The van der Waals surface area contributed by atoms with E-state index in [1.54, 1.807) is 31.8 Å². The summed E-state index contributed by atoms with van der Waals surface area (Å²) in [6.07, 6.45) is 6.53. The second-order valence-electron chi connectivity index (χ2n) is 6.63. The summed E-state index contributed by atoms with van der Waals surface area (Å²) < 4.78 is 6.58. The maximum Gasteiger partial charge on any atom is 0.280 e. The maximum absolute atomic E-state index is 12.8. The van der Waals surface area contributed by atoms with Crippen LogP contribution in [0, 0.1) is 0 Å². The van der Waals surface area contributed by atoms with E-state index in [1.165, 1.54) is 11.0 Å². The highest BCUT2D eigenvalue weighted by molar-refractivity contribution is 5.85. The van der Waals surface area contributed by atoms with Gasteiger partial charge in [0.1, 0.15) is 12.1 Å². The molecule has 162 valence electrons. The number of anilines is 1. The number of pyridine rings is 1. The van der Waals surface area contributed by atoms with Crippen LogP contribution in [-0.2, 0) is 4.74 Å². The molecule has 0 spiro atoms. The van der Waals surface area contributed by atoms with Crippen molar-refractivity contribution >= 4 is 30.6 Å². The van der Waals surface area contributed by atoms with E-state index >= 15 is 0 Å². The summed E-state index contributed by atoms with van der Waals surface area (Å²) in [4.78, 5) is 30.2. The van der Waals surface area contributed by atoms with Gasteiger partial charge in [0.15, 0.2) is 5.82 Å². The zero-order valence-corrected chi connectivity index (χ0v) is 18.2. The van der Waals surface area contributed by atoms with Gasteiger partial charge in [0, 0.05) is 70.1 Å². The number of H-pyrrole nitrogens is 1. The van der Waals surface area contributed by atoms with Crippen LogP contribution in [-0.4, -0.2) is 76.1 Å². The lowest BCUT2D eigenvalue weighted by Crippen LogP contribution is -2.47. The molecule has 0 aliphatic carbocycles. The van der Waals surface area contributed by atoms with Crippen molar-refractivity contribution < 1.29 is 4.74 Å². The van der Waals surface area contributed by atoms with Gasteiger partial charge in [-0.2, -0.15) is 0 Å². The molecule has 1 aliphatic heterocycles. The average Bonchev–Trinajstić information content (AvgIpc) is 3.14. The predicted molar refractivity (Wildman–Crippen MR) is 120 cm³/mol. The van der Waals surface area contributed by atoms with Crippen molar-refractivity contribution in [3.63, 3.8) is 0 Å². The summed E-state index contributed by atoms with van der Waals surface area (Å²) in [6.45, 7) is 5.34. The van der Waals surface area contributed by atoms with E-state index < -0.39 is 0 Å². The normalized spacial score (nSPS) is 14.1. The molecule has 4 heterocycles.